The number of phenols is 1. The number of ether oxygens (including phenoxy) is 1. The Bertz CT molecular complexity index is 1020. The fourth-order valence-corrected chi connectivity index (χ4v) is 3.25. The number of hydrogen-bond donors (Lipinski definition) is 1. The van der Waals surface area contributed by atoms with Crippen molar-refractivity contribution in [2.24, 2.45) is 5.92 Å². The van der Waals surface area contributed by atoms with Gasteiger partial charge in [-0.05, 0) is 49.4 Å². The third-order valence-corrected chi connectivity index (χ3v) is 5.09. The molecule has 6 heteroatoms. The summed E-state index contributed by atoms with van der Waals surface area (Å²) in [7, 11) is 1.74. The number of phenolic OH excluding ortho intramolecular Hbond substituents is 1. The number of aryl methyl sites for hydroxylation is 1. The van der Waals surface area contributed by atoms with E-state index in [0.717, 1.165) is 16.8 Å². The van der Waals surface area contributed by atoms with Crippen LogP contribution in [0.5, 0.6) is 11.5 Å². The zero-order valence-electron chi connectivity index (χ0n) is 16.7. The number of aromatic hydroxyl groups is 1. The second-order valence-electron chi connectivity index (χ2n) is 7.71. The van der Waals surface area contributed by atoms with Crippen LogP contribution in [0.2, 0.25) is 0 Å². The van der Waals surface area contributed by atoms with Gasteiger partial charge in [-0.3, -0.25) is 4.79 Å². The minimum atomic E-state index is -0.180. The zero-order chi connectivity index (χ0) is 20.4. The highest BCUT2D eigenvalue weighted by atomic mass is 16.5. The van der Waals surface area contributed by atoms with E-state index in [-0.39, 0.29) is 11.7 Å². The molecule has 1 aliphatic carbocycles. The third-order valence-electron chi connectivity index (χ3n) is 5.09. The highest BCUT2D eigenvalue weighted by molar-refractivity contribution is 5.94. The molecule has 0 atom stereocenters. The van der Waals surface area contributed by atoms with Gasteiger partial charge in [-0.2, -0.15) is 5.10 Å². The van der Waals surface area contributed by atoms with Gasteiger partial charge in [0.2, 0.25) is 0 Å². The quantitative estimate of drug-likeness (QED) is 0.662. The lowest BCUT2D eigenvalue weighted by Crippen LogP contribution is -2.26. The summed E-state index contributed by atoms with van der Waals surface area (Å²) in [5.41, 5.74) is 3.47. The molecule has 0 unspecified atom stereocenters. The monoisotopic (exact) mass is 391 g/mol. The van der Waals surface area contributed by atoms with Gasteiger partial charge >= 0.3 is 0 Å². The fourth-order valence-electron chi connectivity index (χ4n) is 3.25. The normalized spacial score (nSPS) is 13.3. The molecule has 1 amide bonds. The smallest absolute Gasteiger partial charge is 0.254 e. The van der Waals surface area contributed by atoms with E-state index in [4.69, 9.17) is 4.74 Å². The molecular weight excluding hydrogens is 366 g/mol. The first kappa shape index (κ1) is 19.1. The van der Waals surface area contributed by atoms with E-state index in [1.807, 2.05) is 42.1 Å². The lowest BCUT2D eigenvalue weighted by atomic mass is 10.1. The average Bonchev–Trinajstić information content (AvgIpc) is 3.43. The van der Waals surface area contributed by atoms with Gasteiger partial charge in [-0.15, -0.1) is 0 Å². The van der Waals surface area contributed by atoms with E-state index >= 15 is 0 Å². The van der Waals surface area contributed by atoms with Crippen LogP contribution >= 0.6 is 0 Å². The largest absolute Gasteiger partial charge is 0.508 e. The zero-order valence-corrected chi connectivity index (χ0v) is 16.7. The molecule has 29 heavy (non-hydrogen) atoms. The van der Waals surface area contributed by atoms with Gasteiger partial charge in [0, 0.05) is 37.0 Å². The number of carbonyl (C=O) groups excluding carboxylic acids is 1. The summed E-state index contributed by atoms with van der Waals surface area (Å²) in [5.74, 6) is 0.980. The van der Waals surface area contributed by atoms with E-state index in [2.05, 4.69) is 5.10 Å². The Balaban J connectivity index is 1.45. The summed E-state index contributed by atoms with van der Waals surface area (Å²) < 4.78 is 7.54. The second kappa shape index (κ2) is 7.99. The molecular formula is C23H25N3O3. The molecule has 4 rings (SSSR count). The summed E-state index contributed by atoms with van der Waals surface area (Å²) in [6, 6.07) is 12.7. The maximum atomic E-state index is 12.9. The number of benzene rings is 2. The molecule has 1 fully saturated rings. The second-order valence-corrected chi connectivity index (χ2v) is 7.71. The summed E-state index contributed by atoms with van der Waals surface area (Å²) in [6.07, 6.45) is 6.06. The van der Waals surface area contributed by atoms with Crippen molar-refractivity contribution in [3.8, 4) is 17.2 Å². The van der Waals surface area contributed by atoms with Gasteiger partial charge in [0.15, 0.2) is 0 Å². The number of rotatable bonds is 7. The van der Waals surface area contributed by atoms with Crippen molar-refractivity contribution in [1.82, 2.24) is 14.7 Å². The lowest BCUT2D eigenvalue weighted by molar-refractivity contribution is 0.0784. The molecule has 0 bridgehead atoms. The highest BCUT2D eigenvalue weighted by Gasteiger charge is 2.22. The molecule has 0 aliphatic heterocycles. The third kappa shape index (κ3) is 4.59. The molecule has 1 aromatic heterocycles. The number of amides is 1. The van der Waals surface area contributed by atoms with Crippen LogP contribution in [0.15, 0.2) is 54.9 Å². The van der Waals surface area contributed by atoms with Crippen LogP contribution in [0.25, 0.3) is 5.69 Å². The molecule has 0 saturated heterocycles. The van der Waals surface area contributed by atoms with Crippen molar-refractivity contribution in [3.63, 3.8) is 0 Å². The molecule has 0 spiro atoms. The standard InChI is InChI=1S/C23H25N3O3/c1-16-5-3-4-6-22(16)26-14-18(12-24-26)13-25(2)23(28)19-9-20(27)11-21(10-19)29-15-17-7-8-17/h3-6,9-12,14,17,27H,7-8,13,15H2,1-2H3. The maximum absolute atomic E-state index is 12.9. The van der Waals surface area contributed by atoms with E-state index < -0.39 is 0 Å². The van der Waals surface area contributed by atoms with E-state index in [1.165, 1.54) is 18.9 Å². The Morgan fingerprint density at radius 3 is 2.83 bits per heavy atom. The van der Waals surface area contributed by atoms with Crippen LogP contribution < -0.4 is 4.74 Å². The van der Waals surface area contributed by atoms with Crippen LogP contribution in [0.1, 0.15) is 34.3 Å². The molecule has 150 valence electrons. The summed E-state index contributed by atoms with van der Waals surface area (Å²) >= 11 is 0. The first-order valence-corrected chi connectivity index (χ1v) is 9.81. The molecule has 1 saturated carbocycles. The van der Waals surface area contributed by atoms with Crippen molar-refractivity contribution in [3.05, 3.63) is 71.5 Å². The van der Waals surface area contributed by atoms with Crippen molar-refractivity contribution >= 4 is 5.91 Å². The number of aromatic nitrogens is 2. The van der Waals surface area contributed by atoms with E-state index in [1.54, 1.807) is 30.3 Å². The Labute approximate surface area is 170 Å². The Morgan fingerprint density at radius 2 is 2.07 bits per heavy atom. The van der Waals surface area contributed by atoms with Gasteiger partial charge in [-0.25, -0.2) is 4.68 Å². The van der Waals surface area contributed by atoms with Crippen LogP contribution in [0, 0.1) is 12.8 Å². The molecule has 1 aliphatic rings. The van der Waals surface area contributed by atoms with Gasteiger partial charge < -0.3 is 14.7 Å². The Morgan fingerprint density at radius 1 is 1.28 bits per heavy atom. The molecule has 1 heterocycles. The predicted octanol–water partition coefficient (Wildman–Crippen LogP) is 3.95. The lowest BCUT2D eigenvalue weighted by Gasteiger charge is -2.17. The van der Waals surface area contributed by atoms with Crippen LogP contribution in [0.4, 0.5) is 0 Å². The Kier molecular flexibility index (Phi) is 5.25. The molecule has 0 radical (unpaired) electrons. The van der Waals surface area contributed by atoms with Gasteiger partial charge in [0.05, 0.1) is 18.5 Å². The van der Waals surface area contributed by atoms with Crippen molar-refractivity contribution in [2.75, 3.05) is 13.7 Å². The number of hydrogen-bond acceptors (Lipinski definition) is 4. The number of para-hydroxylation sites is 1. The van der Waals surface area contributed by atoms with Gasteiger partial charge in [0.1, 0.15) is 11.5 Å². The van der Waals surface area contributed by atoms with Crippen molar-refractivity contribution < 1.29 is 14.6 Å². The summed E-state index contributed by atoms with van der Waals surface area (Å²) in [6.45, 7) is 3.08. The first-order valence-electron chi connectivity index (χ1n) is 9.81. The van der Waals surface area contributed by atoms with E-state index in [0.29, 0.717) is 30.4 Å². The minimum Gasteiger partial charge on any atom is -0.508 e. The number of carbonyl (C=O) groups is 1. The summed E-state index contributed by atoms with van der Waals surface area (Å²) in [5, 5.41) is 14.4. The molecule has 6 nitrogen and oxygen atoms in total. The minimum absolute atomic E-state index is 0.0300. The van der Waals surface area contributed by atoms with Crippen LogP contribution in [-0.2, 0) is 6.54 Å². The van der Waals surface area contributed by atoms with Gasteiger partial charge in [0.25, 0.3) is 5.91 Å². The van der Waals surface area contributed by atoms with Crippen LogP contribution in [-0.4, -0.2) is 39.3 Å². The molecule has 1 N–H and O–H groups in total. The highest BCUT2D eigenvalue weighted by Crippen LogP contribution is 2.31. The van der Waals surface area contributed by atoms with Gasteiger partial charge in [-0.1, -0.05) is 18.2 Å². The first-order chi connectivity index (χ1) is 14.0. The fraction of sp³-hybridized carbons (Fsp3) is 0.304. The number of nitrogens with zero attached hydrogens (tertiary/aromatic N) is 3. The van der Waals surface area contributed by atoms with E-state index in [9.17, 15) is 9.90 Å². The SMILES string of the molecule is Cc1ccccc1-n1cc(CN(C)C(=O)c2cc(O)cc(OCC3CC3)c2)cn1. The van der Waals surface area contributed by atoms with Crippen molar-refractivity contribution in [1.29, 1.82) is 0 Å². The average molecular weight is 391 g/mol. The topological polar surface area (TPSA) is 67.6 Å². The van der Waals surface area contributed by atoms with Crippen molar-refractivity contribution in [2.45, 2.75) is 26.3 Å². The summed E-state index contributed by atoms with van der Waals surface area (Å²) in [4.78, 5) is 14.5. The maximum Gasteiger partial charge on any atom is 0.254 e. The molecule has 2 aromatic carbocycles. The molecule has 3 aromatic rings. The predicted molar refractivity (Wildman–Crippen MR) is 110 cm³/mol. The Hall–Kier alpha value is -3.28. The van der Waals surface area contributed by atoms with Crippen LogP contribution in [0.3, 0.4) is 0 Å².